The van der Waals surface area contributed by atoms with Gasteiger partial charge in [-0.05, 0) is 26.4 Å². The SMILES string of the molecule is Cc1nn(C)c(CN2CCCNCC2)c1Cl. The van der Waals surface area contributed by atoms with Crippen LogP contribution in [0.1, 0.15) is 17.8 Å². The highest BCUT2D eigenvalue weighted by atomic mass is 35.5. The first-order valence-electron chi connectivity index (χ1n) is 5.79. The monoisotopic (exact) mass is 242 g/mol. The molecule has 0 unspecified atom stereocenters. The van der Waals surface area contributed by atoms with Crippen LogP contribution in [0.15, 0.2) is 0 Å². The third-order valence-electron chi connectivity index (χ3n) is 3.07. The second kappa shape index (κ2) is 5.17. The van der Waals surface area contributed by atoms with Gasteiger partial charge in [0.2, 0.25) is 0 Å². The van der Waals surface area contributed by atoms with Gasteiger partial charge in [-0.1, -0.05) is 11.6 Å². The van der Waals surface area contributed by atoms with Crippen molar-refractivity contribution in [1.82, 2.24) is 20.0 Å². The summed E-state index contributed by atoms with van der Waals surface area (Å²) < 4.78 is 1.90. The predicted octanol–water partition coefficient (Wildman–Crippen LogP) is 1.18. The highest BCUT2D eigenvalue weighted by Crippen LogP contribution is 2.21. The Kier molecular flexibility index (Phi) is 3.84. The van der Waals surface area contributed by atoms with Crippen molar-refractivity contribution in [2.24, 2.45) is 7.05 Å². The van der Waals surface area contributed by atoms with Crippen LogP contribution < -0.4 is 5.32 Å². The second-order valence-corrected chi connectivity index (χ2v) is 4.73. The van der Waals surface area contributed by atoms with Crippen LogP contribution in [-0.4, -0.2) is 40.9 Å². The molecule has 16 heavy (non-hydrogen) atoms. The molecule has 1 N–H and O–H groups in total. The summed E-state index contributed by atoms with van der Waals surface area (Å²) >= 11 is 6.25. The van der Waals surface area contributed by atoms with Crippen LogP contribution in [0.25, 0.3) is 0 Å². The normalized spacial score (nSPS) is 18.7. The molecule has 1 aromatic heterocycles. The quantitative estimate of drug-likeness (QED) is 0.846. The van der Waals surface area contributed by atoms with E-state index in [1.54, 1.807) is 0 Å². The first-order valence-corrected chi connectivity index (χ1v) is 6.17. The number of hydrogen-bond acceptors (Lipinski definition) is 3. The third kappa shape index (κ3) is 2.56. The van der Waals surface area contributed by atoms with Crippen LogP contribution in [0.3, 0.4) is 0 Å². The van der Waals surface area contributed by atoms with E-state index in [1.807, 2.05) is 18.7 Å². The minimum atomic E-state index is 0.819. The molecule has 0 radical (unpaired) electrons. The zero-order chi connectivity index (χ0) is 11.5. The standard InChI is InChI=1S/C11H19ClN4/c1-9-11(12)10(15(2)14-9)8-16-6-3-4-13-5-7-16/h13H,3-8H2,1-2H3. The van der Waals surface area contributed by atoms with E-state index in [4.69, 9.17) is 11.6 Å². The molecule has 0 aromatic carbocycles. The highest BCUT2D eigenvalue weighted by molar-refractivity contribution is 6.31. The lowest BCUT2D eigenvalue weighted by Crippen LogP contribution is -2.28. The average molecular weight is 243 g/mol. The third-order valence-corrected chi connectivity index (χ3v) is 3.56. The number of aryl methyl sites for hydroxylation is 2. The van der Waals surface area contributed by atoms with Crippen molar-refractivity contribution in [3.63, 3.8) is 0 Å². The number of halogens is 1. The highest BCUT2D eigenvalue weighted by Gasteiger charge is 2.15. The lowest BCUT2D eigenvalue weighted by molar-refractivity contribution is 0.277. The zero-order valence-electron chi connectivity index (χ0n) is 9.96. The fourth-order valence-corrected chi connectivity index (χ4v) is 2.34. The molecule has 1 aromatic rings. The summed E-state index contributed by atoms with van der Waals surface area (Å²) in [5.41, 5.74) is 2.05. The Morgan fingerprint density at radius 3 is 2.88 bits per heavy atom. The van der Waals surface area contributed by atoms with Gasteiger partial charge in [-0.25, -0.2) is 0 Å². The molecule has 2 rings (SSSR count). The lowest BCUT2D eigenvalue weighted by atomic mass is 10.3. The molecule has 0 amide bonds. The second-order valence-electron chi connectivity index (χ2n) is 4.35. The van der Waals surface area contributed by atoms with Crippen molar-refractivity contribution in [1.29, 1.82) is 0 Å². The van der Waals surface area contributed by atoms with Gasteiger partial charge in [-0.3, -0.25) is 9.58 Å². The van der Waals surface area contributed by atoms with Crippen LogP contribution in [0, 0.1) is 6.92 Å². The van der Waals surface area contributed by atoms with Gasteiger partial charge in [0.1, 0.15) is 0 Å². The topological polar surface area (TPSA) is 33.1 Å². The molecule has 1 fully saturated rings. The van der Waals surface area contributed by atoms with Gasteiger partial charge in [-0.15, -0.1) is 0 Å². The number of hydrogen-bond donors (Lipinski definition) is 1. The van der Waals surface area contributed by atoms with Crippen LogP contribution in [0.4, 0.5) is 0 Å². The fourth-order valence-electron chi connectivity index (χ4n) is 2.12. The number of aromatic nitrogens is 2. The van der Waals surface area contributed by atoms with Gasteiger partial charge >= 0.3 is 0 Å². The Morgan fingerprint density at radius 2 is 2.19 bits per heavy atom. The molecule has 0 aliphatic carbocycles. The molecule has 4 nitrogen and oxygen atoms in total. The maximum Gasteiger partial charge on any atom is 0.0860 e. The van der Waals surface area contributed by atoms with E-state index in [2.05, 4.69) is 15.3 Å². The molecule has 90 valence electrons. The lowest BCUT2D eigenvalue weighted by Gasteiger charge is -2.19. The summed E-state index contributed by atoms with van der Waals surface area (Å²) in [6, 6.07) is 0. The fraction of sp³-hybridized carbons (Fsp3) is 0.727. The van der Waals surface area contributed by atoms with E-state index in [1.165, 1.54) is 6.42 Å². The van der Waals surface area contributed by atoms with E-state index in [-0.39, 0.29) is 0 Å². The Hall–Kier alpha value is -0.580. The molecule has 2 heterocycles. The summed E-state index contributed by atoms with van der Waals surface area (Å²) in [6.45, 7) is 7.25. The number of rotatable bonds is 2. The van der Waals surface area contributed by atoms with Gasteiger partial charge < -0.3 is 5.32 Å². The summed E-state index contributed by atoms with van der Waals surface area (Å²) in [5.74, 6) is 0. The predicted molar refractivity (Wildman–Crippen MR) is 65.7 cm³/mol. The molecule has 0 saturated carbocycles. The minimum absolute atomic E-state index is 0.819. The summed E-state index contributed by atoms with van der Waals surface area (Å²) in [5, 5.41) is 8.56. The number of nitrogens with one attached hydrogen (secondary N) is 1. The van der Waals surface area contributed by atoms with Gasteiger partial charge in [0.15, 0.2) is 0 Å². The van der Waals surface area contributed by atoms with Crippen LogP contribution in [0.2, 0.25) is 5.02 Å². The van der Waals surface area contributed by atoms with Crippen LogP contribution >= 0.6 is 11.6 Å². The maximum atomic E-state index is 6.25. The van der Waals surface area contributed by atoms with E-state index in [9.17, 15) is 0 Å². The van der Waals surface area contributed by atoms with Crippen molar-refractivity contribution >= 4 is 11.6 Å². The molecular weight excluding hydrogens is 224 g/mol. The molecule has 1 saturated heterocycles. The molecule has 1 aliphatic rings. The van der Waals surface area contributed by atoms with Crippen molar-refractivity contribution in [3.8, 4) is 0 Å². The molecule has 5 heteroatoms. The van der Waals surface area contributed by atoms with Crippen molar-refractivity contribution in [2.75, 3.05) is 26.2 Å². The van der Waals surface area contributed by atoms with Crippen molar-refractivity contribution < 1.29 is 0 Å². The maximum absolute atomic E-state index is 6.25. The molecule has 0 atom stereocenters. The first-order chi connectivity index (χ1) is 7.68. The van der Waals surface area contributed by atoms with Crippen LogP contribution in [-0.2, 0) is 13.6 Å². The van der Waals surface area contributed by atoms with Gasteiger partial charge in [0, 0.05) is 26.7 Å². The molecular formula is C11H19ClN4. The smallest absolute Gasteiger partial charge is 0.0860 e. The Bertz CT molecular complexity index is 353. The molecule has 0 bridgehead atoms. The van der Waals surface area contributed by atoms with E-state index >= 15 is 0 Å². The van der Waals surface area contributed by atoms with E-state index in [0.717, 1.165) is 49.1 Å². The summed E-state index contributed by atoms with van der Waals surface area (Å²) in [6.07, 6.45) is 1.20. The minimum Gasteiger partial charge on any atom is -0.315 e. The Morgan fingerprint density at radius 1 is 1.38 bits per heavy atom. The van der Waals surface area contributed by atoms with Gasteiger partial charge in [0.05, 0.1) is 16.4 Å². The summed E-state index contributed by atoms with van der Waals surface area (Å²) in [4.78, 5) is 2.43. The van der Waals surface area contributed by atoms with Crippen molar-refractivity contribution in [2.45, 2.75) is 19.9 Å². The molecule has 0 spiro atoms. The zero-order valence-corrected chi connectivity index (χ0v) is 10.7. The average Bonchev–Trinajstić information content (AvgIpc) is 2.51. The number of nitrogens with zero attached hydrogens (tertiary/aromatic N) is 3. The van der Waals surface area contributed by atoms with E-state index in [0.29, 0.717) is 0 Å². The van der Waals surface area contributed by atoms with Crippen molar-refractivity contribution in [3.05, 3.63) is 16.4 Å². The summed E-state index contributed by atoms with van der Waals surface area (Å²) in [7, 11) is 1.96. The first kappa shape index (κ1) is 11.9. The largest absolute Gasteiger partial charge is 0.315 e. The van der Waals surface area contributed by atoms with Gasteiger partial charge in [-0.2, -0.15) is 5.10 Å². The van der Waals surface area contributed by atoms with Gasteiger partial charge in [0.25, 0.3) is 0 Å². The Labute approximate surface area is 102 Å². The van der Waals surface area contributed by atoms with E-state index < -0.39 is 0 Å². The molecule has 1 aliphatic heterocycles. The van der Waals surface area contributed by atoms with Crippen LogP contribution in [0.5, 0.6) is 0 Å². The Balaban J connectivity index is 2.07.